The lowest BCUT2D eigenvalue weighted by Gasteiger charge is -2.28. The van der Waals surface area contributed by atoms with E-state index in [1.54, 1.807) is 26.8 Å². The number of rotatable bonds is 10. The van der Waals surface area contributed by atoms with Gasteiger partial charge in [-0.25, -0.2) is 33.5 Å². The Bertz CT molecular complexity index is 2090. The molecule has 2 aliphatic heterocycles. The summed E-state index contributed by atoms with van der Waals surface area (Å²) < 4.78 is 109. The minimum Gasteiger partial charge on any atom is -0.444 e. The Kier molecular flexibility index (Phi) is 15.7. The highest BCUT2D eigenvalue weighted by atomic mass is 35.5. The van der Waals surface area contributed by atoms with Crippen molar-refractivity contribution in [1.29, 1.82) is 0 Å². The van der Waals surface area contributed by atoms with E-state index in [9.17, 15) is 49.5 Å². The Labute approximate surface area is 345 Å². The summed E-state index contributed by atoms with van der Waals surface area (Å²) in [7, 11) is 0. The predicted molar refractivity (Wildman–Crippen MR) is 202 cm³/mol. The molecule has 6 rings (SSSR count). The Balaban J connectivity index is 0.000000267. The second kappa shape index (κ2) is 19.9. The number of aromatic nitrogens is 6. The van der Waals surface area contributed by atoms with Gasteiger partial charge in [-0.05, 0) is 89.4 Å². The van der Waals surface area contributed by atoms with Crippen molar-refractivity contribution in [1.82, 2.24) is 40.1 Å². The van der Waals surface area contributed by atoms with E-state index in [4.69, 9.17) is 4.74 Å². The molecular weight excluding hydrogens is 832 g/mol. The van der Waals surface area contributed by atoms with Gasteiger partial charge in [0.1, 0.15) is 48.0 Å². The van der Waals surface area contributed by atoms with Crippen LogP contribution in [0.15, 0.2) is 61.4 Å². The molecule has 2 fully saturated rings. The molecular formula is C39H41ClF8N8O4. The van der Waals surface area contributed by atoms with E-state index in [0.29, 0.717) is 53.3 Å². The highest BCUT2D eigenvalue weighted by molar-refractivity contribution is 5.89. The molecule has 4 aromatic heterocycles. The van der Waals surface area contributed by atoms with Gasteiger partial charge in [0.2, 0.25) is 0 Å². The Morgan fingerprint density at radius 2 is 1.22 bits per heavy atom. The standard InChI is InChI=1S/C22H24F4N4O3.C17H16F4N4O.ClH/c1-21(2,3)33-20(32)30-9-8-15(23)19(30)17(31)6-5-14-10-16(29-12-28-14)13-4-7-18(27-11-13)22(24,25)26;18-12-5-6-22-16(12)14(26)3-2-11-7-13(25-9-24-11)10-1-4-15(23-8-10)17(19,20)21;/h4,7,10-12,15,19H,5-6,8-9H2,1-3H3;1,4,7-9,12,16,22H,2-3,5-6H2;1H/t15-,19+;12-,16+;/m11./s1. The quantitative estimate of drug-likeness (QED) is 0.157. The lowest BCUT2D eigenvalue weighted by molar-refractivity contribution is -0.141. The van der Waals surface area contributed by atoms with Crippen LogP contribution in [0.1, 0.15) is 69.2 Å². The van der Waals surface area contributed by atoms with E-state index in [2.05, 4.69) is 35.2 Å². The van der Waals surface area contributed by atoms with Crippen LogP contribution >= 0.6 is 12.4 Å². The Hall–Kier alpha value is -5.24. The smallest absolute Gasteiger partial charge is 0.433 e. The third kappa shape index (κ3) is 12.9. The molecule has 2 saturated heterocycles. The van der Waals surface area contributed by atoms with Gasteiger partial charge in [0.25, 0.3) is 0 Å². The number of alkyl halides is 8. The first-order chi connectivity index (χ1) is 27.7. The molecule has 0 spiro atoms. The fraction of sp³-hybridized carbons (Fsp3) is 0.462. The molecule has 21 heteroatoms. The molecule has 4 atom stereocenters. The fourth-order valence-corrected chi connectivity index (χ4v) is 6.26. The highest BCUT2D eigenvalue weighted by Gasteiger charge is 2.43. The molecule has 2 aliphatic rings. The molecule has 0 saturated carbocycles. The molecule has 1 N–H and O–H groups in total. The Morgan fingerprint density at radius 1 is 0.717 bits per heavy atom. The number of amides is 1. The van der Waals surface area contributed by atoms with Crippen LogP contribution in [0.25, 0.3) is 22.5 Å². The first-order valence-corrected chi connectivity index (χ1v) is 18.5. The van der Waals surface area contributed by atoms with E-state index in [0.717, 1.165) is 29.4 Å². The maximum atomic E-state index is 14.4. The van der Waals surface area contributed by atoms with E-state index in [-0.39, 0.29) is 50.4 Å². The predicted octanol–water partition coefficient (Wildman–Crippen LogP) is 7.59. The van der Waals surface area contributed by atoms with Crippen LogP contribution in [0.4, 0.5) is 39.9 Å². The van der Waals surface area contributed by atoms with Gasteiger partial charge in [0, 0.05) is 54.3 Å². The van der Waals surface area contributed by atoms with Gasteiger partial charge >= 0.3 is 18.4 Å². The summed E-state index contributed by atoms with van der Waals surface area (Å²) in [5.74, 6) is -0.673. The number of nitrogens with one attached hydrogen (secondary N) is 1. The molecule has 12 nitrogen and oxygen atoms in total. The van der Waals surface area contributed by atoms with Crippen LogP contribution in [-0.2, 0) is 39.5 Å². The first-order valence-electron chi connectivity index (χ1n) is 18.5. The van der Waals surface area contributed by atoms with Crippen molar-refractivity contribution in [2.45, 2.75) is 102 Å². The summed E-state index contributed by atoms with van der Waals surface area (Å²) in [6.07, 6.45) is -6.90. The average Bonchev–Trinajstić information content (AvgIpc) is 3.80. The summed E-state index contributed by atoms with van der Waals surface area (Å²) in [5, 5.41) is 2.84. The maximum absolute atomic E-state index is 14.4. The molecule has 0 bridgehead atoms. The highest BCUT2D eigenvalue weighted by Crippen LogP contribution is 2.31. The summed E-state index contributed by atoms with van der Waals surface area (Å²) in [5.41, 5.74) is -0.253. The fourth-order valence-electron chi connectivity index (χ4n) is 6.26. The zero-order chi connectivity index (χ0) is 43.1. The molecule has 4 aromatic rings. The van der Waals surface area contributed by atoms with E-state index >= 15 is 0 Å². The van der Waals surface area contributed by atoms with Crippen molar-refractivity contribution in [3.05, 3.63) is 84.2 Å². The topological polar surface area (TPSA) is 153 Å². The zero-order valence-corrected chi connectivity index (χ0v) is 33.3. The molecule has 324 valence electrons. The number of nitrogens with zero attached hydrogens (tertiary/aromatic N) is 7. The van der Waals surface area contributed by atoms with Crippen LogP contribution in [-0.4, -0.2) is 95.6 Å². The van der Waals surface area contributed by atoms with Crippen LogP contribution < -0.4 is 5.32 Å². The largest absolute Gasteiger partial charge is 0.444 e. The number of carbonyl (C=O) groups excluding carboxylic acids is 3. The normalized spacial score (nSPS) is 19.2. The number of ketones is 2. The summed E-state index contributed by atoms with van der Waals surface area (Å²) in [4.78, 5) is 61.3. The maximum Gasteiger partial charge on any atom is 0.433 e. The summed E-state index contributed by atoms with van der Waals surface area (Å²) >= 11 is 0. The monoisotopic (exact) mass is 872 g/mol. The number of halogens is 9. The van der Waals surface area contributed by atoms with Crippen molar-refractivity contribution >= 4 is 30.1 Å². The SMILES string of the molecule is CC(C)(C)OC(=O)N1CC[C@@H](F)[C@H]1C(=O)CCc1cc(-c2ccc(C(F)(F)F)nc2)ncn1.Cl.O=C(CCc1cc(-c2ccc(C(F)(F)F)nc2)ncn1)[C@H]1NCC[C@H]1F. The minimum atomic E-state index is -4.54. The molecule has 0 radical (unpaired) electrons. The summed E-state index contributed by atoms with van der Waals surface area (Å²) in [6.45, 7) is 5.62. The molecule has 0 aromatic carbocycles. The van der Waals surface area contributed by atoms with Crippen molar-refractivity contribution in [2.75, 3.05) is 13.1 Å². The lowest BCUT2D eigenvalue weighted by atomic mass is 10.0. The van der Waals surface area contributed by atoms with E-state index < -0.39 is 65.6 Å². The molecule has 0 unspecified atom stereocenters. The molecule has 6 heterocycles. The second-order valence-electron chi connectivity index (χ2n) is 14.7. The third-order valence-electron chi connectivity index (χ3n) is 9.18. The van der Waals surface area contributed by atoms with Crippen LogP contribution in [0.3, 0.4) is 0 Å². The van der Waals surface area contributed by atoms with E-state index in [1.807, 2.05) is 0 Å². The van der Waals surface area contributed by atoms with Crippen molar-refractivity contribution in [2.24, 2.45) is 0 Å². The summed E-state index contributed by atoms with van der Waals surface area (Å²) in [6, 6.07) is 5.40. The number of aryl methyl sites for hydroxylation is 2. The lowest BCUT2D eigenvalue weighted by Crippen LogP contribution is -2.46. The number of Topliss-reactive ketones (excluding diaryl/α,β-unsaturated/α-hetero) is 2. The van der Waals surface area contributed by atoms with Gasteiger partial charge in [-0.2, -0.15) is 26.3 Å². The average molecular weight is 873 g/mol. The van der Waals surface area contributed by atoms with Gasteiger partial charge < -0.3 is 10.1 Å². The first kappa shape index (κ1) is 47.4. The number of carbonyl (C=O) groups is 3. The van der Waals surface area contributed by atoms with Crippen LogP contribution in [0, 0.1) is 0 Å². The van der Waals surface area contributed by atoms with Crippen LogP contribution in [0.2, 0.25) is 0 Å². The zero-order valence-electron chi connectivity index (χ0n) is 32.4. The van der Waals surface area contributed by atoms with Gasteiger partial charge in [-0.15, -0.1) is 12.4 Å². The van der Waals surface area contributed by atoms with Gasteiger partial charge in [0.05, 0.1) is 17.4 Å². The van der Waals surface area contributed by atoms with Crippen molar-refractivity contribution < 1.29 is 54.2 Å². The molecule has 0 aliphatic carbocycles. The third-order valence-corrected chi connectivity index (χ3v) is 9.18. The van der Waals surface area contributed by atoms with Gasteiger partial charge in [-0.3, -0.25) is 24.5 Å². The number of hydrogen-bond acceptors (Lipinski definition) is 11. The van der Waals surface area contributed by atoms with Crippen molar-refractivity contribution in [3.63, 3.8) is 0 Å². The van der Waals surface area contributed by atoms with E-state index in [1.165, 1.54) is 30.9 Å². The van der Waals surface area contributed by atoms with Gasteiger partial charge in [-0.1, -0.05) is 0 Å². The van der Waals surface area contributed by atoms with Gasteiger partial charge in [0.15, 0.2) is 11.6 Å². The number of hydrogen-bond donors (Lipinski definition) is 1. The number of likely N-dealkylation sites (tertiary alicyclic amines) is 1. The molecule has 1 amide bonds. The Morgan fingerprint density at radius 3 is 1.63 bits per heavy atom. The van der Waals surface area contributed by atoms with Crippen molar-refractivity contribution in [3.8, 4) is 22.5 Å². The second-order valence-corrected chi connectivity index (χ2v) is 14.7. The number of pyridine rings is 2. The minimum absolute atomic E-state index is 0. The molecule has 60 heavy (non-hydrogen) atoms. The van der Waals surface area contributed by atoms with Crippen LogP contribution in [0.5, 0.6) is 0 Å². The number of ether oxygens (including phenoxy) is 1.